The molecule has 0 amide bonds. The molecule has 0 aromatic rings. The molecule has 0 spiro atoms. The summed E-state index contributed by atoms with van der Waals surface area (Å²) in [6.45, 7) is 19.2. The van der Waals surface area contributed by atoms with E-state index in [2.05, 4.69) is 67.5 Å². The van der Waals surface area contributed by atoms with Crippen LogP contribution in [0.15, 0.2) is 22.0 Å². The van der Waals surface area contributed by atoms with Crippen molar-refractivity contribution in [3.8, 4) is 0 Å². The van der Waals surface area contributed by atoms with Gasteiger partial charge in [-0.2, -0.15) is 0 Å². The smallest absolute Gasteiger partial charge is 0.00677 e. The van der Waals surface area contributed by atoms with E-state index in [1.54, 1.807) is 9.81 Å². The molecule has 126 valence electrons. The SMILES string of the molecule is CC1(C)C=C(SSC2=CC(C)(C)CC(C)(C)C2)CC(C)(C)C1. The van der Waals surface area contributed by atoms with Crippen molar-refractivity contribution in [2.75, 3.05) is 0 Å². The molecule has 0 radical (unpaired) electrons. The van der Waals surface area contributed by atoms with Gasteiger partial charge in [-0.25, -0.2) is 0 Å². The number of hydrogen-bond acceptors (Lipinski definition) is 2. The Hall–Kier alpha value is 0.180. The second-order valence-corrected chi connectivity index (χ2v) is 12.8. The van der Waals surface area contributed by atoms with Crippen molar-refractivity contribution in [2.45, 2.75) is 81.1 Å². The maximum absolute atomic E-state index is 2.52. The van der Waals surface area contributed by atoms with Crippen LogP contribution in [0.5, 0.6) is 0 Å². The van der Waals surface area contributed by atoms with Gasteiger partial charge in [0.1, 0.15) is 0 Å². The maximum atomic E-state index is 2.52. The first-order valence-electron chi connectivity index (χ1n) is 8.56. The van der Waals surface area contributed by atoms with E-state index in [9.17, 15) is 0 Å². The Bertz CT molecular complexity index is 444. The monoisotopic (exact) mass is 338 g/mol. The van der Waals surface area contributed by atoms with E-state index in [-0.39, 0.29) is 0 Å². The van der Waals surface area contributed by atoms with Crippen LogP contribution in [-0.2, 0) is 0 Å². The fourth-order valence-corrected chi connectivity index (χ4v) is 7.96. The summed E-state index contributed by atoms with van der Waals surface area (Å²) in [6, 6.07) is 0. The van der Waals surface area contributed by atoms with Crippen molar-refractivity contribution in [3.05, 3.63) is 22.0 Å². The van der Waals surface area contributed by atoms with Crippen molar-refractivity contribution in [2.24, 2.45) is 21.7 Å². The molecule has 0 aromatic heterocycles. The molecular weight excluding hydrogens is 304 g/mol. The van der Waals surface area contributed by atoms with E-state index >= 15 is 0 Å². The molecule has 0 saturated heterocycles. The number of allylic oxidation sites excluding steroid dienone is 4. The van der Waals surface area contributed by atoms with Crippen LogP contribution in [0.2, 0.25) is 0 Å². The molecule has 0 saturated carbocycles. The van der Waals surface area contributed by atoms with Crippen LogP contribution in [-0.4, -0.2) is 0 Å². The Balaban J connectivity index is 2.07. The summed E-state index contributed by atoms with van der Waals surface area (Å²) in [6.07, 6.45) is 10.1. The first kappa shape index (κ1) is 18.5. The van der Waals surface area contributed by atoms with Gasteiger partial charge in [-0.3, -0.25) is 0 Å². The predicted molar refractivity (Wildman–Crippen MR) is 105 cm³/mol. The molecule has 22 heavy (non-hydrogen) atoms. The predicted octanol–water partition coefficient (Wildman–Crippen LogP) is 7.83. The standard InChI is InChI=1S/C20H34S2/c1-17(2)9-15(10-18(3,4)13-17)21-22-16-11-19(5,6)14-20(7,8)12-16/h9,11H,10,12-14H2,1-8H3. The molecule has 0 bridgehead atoms. The molecule has 0 aliphatic heterocycles. The lowest BCUT2D eigenvalue weighted by Crippen LogP contribution is -2.27. The van der Waals surface area contributed by atoms with Gasteiger partial charge in [0, 0.05) is 0 Å². The lowest BCUT2D eigenvalue weighted by atomic mass is 9.69. The lowest BCUT2D eigenvalue weighted by Gasteiger charge is -2.40. The van der Waals surface area contributed by atoms with Crippen molar-refractivity contribution in [1.29, 1.82) is 0 Å². The molecular formula is C20H34S2. The van der Waals surface area contributed by atoms with Gasteiger partial charge in [0.05, 0.1) is 0 Å². The molecule has 0 unspecified atom stereocenters. The number of hydrogen-bond donors (Lipinski definition) is 0. The van der Waals surface area contributed by atoms with E-state index < -0.39 is 0 Å². The summed E-state index contributed by atoms with van der Waals surface area (Å²) >= 11 is 0. The van der Waals surface area contributed by atoms with E-state index in [1.807, 2.05) is 21.6 Å². The molecule has 0 nitrogen and oxygen atoms in total. The summed E-state index contributed by atoms with van der Waals surface area (Å²) < 4.78 is 0. The zero-order valence-corrected chi connectivity index (χ0v) is 17.4. The van der Waals surface area contributed by atoms with Crippen LogP contribution in [0.1, 0.15) is 81.1 Å². The largest absolute Gasteiger partial charge is 0.0684 e. The average molecular weight is 339 g/mol. The highest BCUT2D eigenvalue weighted by molar-refractivity contribution is 8.79. The van der Waals surface area contributed by atoms with Gasteiger partial charge in [-0.15, -0.1) is 0 Å². The van der Waals surface area contributed by atoms with Crippen LogP contribution in [0.25, 0.3) is 0 Å². The Morgan fingerprint density at radius 1 is 0.636 bits per heavy atom. The molecule has 2 aliphatic carbocycles. The Morgan fingerprint density at radius 2 is 0.955 bits per heavy atom. The minimum Gasteiger partial charge on any atom is -0.0684 e. The minimum atomic E-state index is 0.337. The van der Waals surface area contributed by atoms with E-state index in [0.717, 1.165) is 0 Å². The summed E-state index contributed by atoms with van der Waals surface area (Å²) in [5.41, 5.74) is 1.54. The highest BCUT2D eigenvalue weighted by Crippen LogP contribution is 2.54. The molecule has 0 N–H and O–H groups in total. The van der Waals surface area contributed by atoms with Crippen molar-refractivity contribution in [3.63, 3.8) is 0 Å². The lowest BCUT2D eigenvalue weighted by molar-refractivity contribution is 0.220. The van der Waals surface area contributed by atoms with Crippen molar-refractivity contribution in [1.82, 2.24) is 0 Å². The molecule has 0 heterocycles. The summed E-state index contributed by atoms with van der Waals surface area (Å²) in [7, 11) is 4.04. The summed E-state index contributed by atoms with van der Waals surface area (Å²) in [5, 5.41) is 0. The normalized spacial score (nSPS) is 28.7. The van der Waals surface area contributed by atoms with E-state index in [4.69, 9.17) is 0 Å². The van der Waals surface area contributed by atoms with Crippen LogP contribution >= 0.6 is 21.6 Å². The quantitative estimate of drug-likeness (QED) is 0.481. The third kappa shape index (κ3) is 5.37. The van der Waals surface area contributed by atoms with Gasteiger partial charge < -0.3 is 0 Å². The topological polar surface area (TPSA) is 0 Å². The van der Waals surface area contributed by atoms with Gasteiger partial charge >= 0.3 is 0 Å². The molecule has 0 atom stereocenters. The first-order valence-corrected chi connectivity index (χ1v) is 10.7. The molecule has 2 heteroatoms. The van der Waals surface area contributed by atoms with Crippen LogP contribution in [0, 0.1) is 21.7 Å². The molecule has 2 rings (SSSR count). The fraction of sp³-hybridized carbons (Fsp3) is 0.800. The van der Waals surface area contributed by atoms with E-state index in [1.165, 1.54) is 25.7 Å². The average Bonchev–Trinajstić information content (AvgIpc) is 2.17. The second-order valence-electron chi connectivity index (χ2n) is 10.4. The molecule has 2 aliphatic rings. The highest BCUT2D eigenvalue weighted by Gasteiger charge is 2.35. The Labute approximate surface area is 146 Å². The summed E-state index contributed by atoms with van der Waals surface area (Å²) in [4.78, 5) is 3.15. The fourth-order valence-electron chi connectivity index (χ4n) is 4.82. The van der Waals surface area contributed by atoms with Crippen molar-refractivity contribution >= 4 is 21.6 Å². The second kappa shape index (κ2) is 5.92. The third-order valence-electron chi connectivity index (χ3n) is 4.53. The van der Waals surface area contributed by atoms with Crippen LogP contribution in [0.4, 0.5) is 0 Å². The number of rotatable bonds is 3. The van der Waals surface area contributed by atoms with Crippen LogP contribution in [0.3, 0.4) is 0 Å². The summed E-state index contributed by atoms with van der Waals surface area (Å²) in [5.74, 6) is 0. The Kier molecular flexibility index (Phi) is 4.98. The minimum absolute atomic E-state index is 0.337. The van der Waals surface area contributed by atoms with Crippen molar-refractivity contribution < 1.29 is 0 Å². The van der Waals surface area contributed by atoms with Gasteiger partial charge in [0.2, 0.25) is 0 Å². The van der Waals surface area contributed by atoms with Gasteiger partial charge in [-0.05, 0) is 57.2 Å². The zero-order chi connectivity index (χ0) is 16.8. The van der Waals surface area contributed by atoms with Gasteiger partial charge in [0.25, 0.3) is 0 Å². The Morgan fingerprint density at radius 3 is 1.23 bits per heavy atom. The van der Waals surface area contributed by atoms with Gasteiger partial charge in [-0.1, -0.05) is 89.1 Å². The molecule has 0 fully saturated rings. The molecule has 0 aromatic carbocycles. The zero-order valence-electron chi connectivity index (χ0n) is 15.8. The highest BCUT2D eigenvalue weighted by atomic mass is 33.1. The van der Waals surface area contributed by atoms with Gasteiger partial charge in [0.15, 0.2) is 0 Å². The van der Waals surface area contributed by atoms with Crippen LogP contribution < -0.4 is 0 Å². The third-order valence-corrected chi connectivity index (χ3v) is 7.10. The maximum Gasteiger partial charge on any atom is -0.00677 e. The first-order chi connectivity index (χ1) is 9.78. The van der Waals surface area contributed by atoms with E-state index in [0.29, 0.717) is 21.7 Å².